The van der Waals surface area contributed by atoms with Gasteiger partial charge in [0.1, 0.15) is 0 Å². The summed E-state index contributed by atoms with van der Waals surface area (Å²) in [5.41, 5.74) is 0. The Bertz CT molecular complexity index is 122. The van der Waals surface area contributed by atoms with Crippen LogP contribution in [0.5, 0.6) is 0 Å². The molecule has 13 heavy (non-hydrogen) atoms. The van der Waals surface area contributed by atoms with Crippen LogP contribution >= 0.6 is 0 Å². The van der Waals surface area contributed by atoms with Crippen molar-refractivity contribution in [2.45, 2.75) is 45.4 Å². The SMILES string of the molecule is CCCCCCCCOS(=O)[O-].[Na]. The Labute approximate surface area is 105 Å². The molecule has 1 unspecified atom stereocenters. The van der Waals surface area contributed by atoms with Crippen LogP contribution in [0.15, 0.2) is 0 Å². The maximum Gasteiger partial charge on any atom is 0.0842 e. The predicted molar refractivity (Wildman–Crippen MR) is 54.0 cm³/mol. The second kappa shape index (κ2) is 13.1. The normalized spacial score (nSPS) is 12.2. The van der Waals surface area contributed by atoms with E-state index in [2.05, 4.69) is 11.1 Å². The molecule has 0 saturated carbocycles. The molecule has 3 nitrogen and oxygen atoms in total. The largest absolute Gasteiger partial charge is 0.750 e. The minimum atomic E-state index is -2.32. The Morgan fingerprint density at radius 3 is 2.23 bits per heavy atom. The summed E-state index contributed by atoms with van der Waals surface area (Å²) in [5.74, 6) is 0. The zero-order chi connectivity index (χ0) is 9.23. The standard InChI is InChI=1S/C8H18O3S.Na/c1-2-3-4-5-6-7-8-11-12(9)10;/h2-8H2,1H3,(H,9,10);/p-1. The van der Waals surface area contributed by atoms with Crippen molar-refractivity contribution in [3.63, 3.8) is 0 Å². The molecule has 1 radical (unpaired) electrons. The van der Waals surface area contributed by atoms with E-state index in [0.717, 1.165) is 12.8 Å². The van der Waals surface area contributed by atoms with Gasteiger partial charge in [0.25, 0.3) is 0 Å². The van der Waals surface area contributed by atoms with E-state index >= 15 is 0 Å². The molecule has 0 aromatic heterocycles. The molecule has 0 rings (SSSR count). The first kappa shape index (κ1) is 16.5. The van der Waals surface area contributed by atoms with Crippen LogP contribution in [0.25, 0.3) is 0 Å². The fourth-order valence-corrected chi connectivity index (χ4v) is 1.26. The van der Waals surface area contributed by atoms with Crippen molar-refractivity contribution in [1.82, 2.24) is 0 Å². The van der Waals surface area contributed by atoms with Gasteiger partial charge in [0.15, 0.2) is 0 Å². The second-order valence-corrected chi connectivity index (χ2v) is 3.44. The summed E-state index contributed by atoms with van der Waals surface area (Å²) in [6.45, 7) is 2.51. The van der Waals surface area contributed by atoms with Crippen molar-refractivity contribution in [3.05, 3.63) is 0 Å². The Hall–Kier alpha value is 1.07. The third kappa shape index (κ3) is 15.8. The molecule has 0 aliphatic heterocycles. The maximum absolute atomic E-state index is 9.91. The van der Waals surface area contributed by atoms with E-state index in [9.17, 15) is 8.76 Å². The van der Waals surface area contributed by atoms with E-state index in [-0.39, 0.29) is 29.6 Å². The van der Waals surface area contributed by atoms with Gasteiger partial charge in [-0.25, -0.2) is 4.21 Å². The van der Waals surface area contributed by atoms with Crippen molar-refractivity contribution >= 4 is 40.9 Å². The van der Waals surface area contributed by atoms with Gasteiger partial charge >= 0.3 is 0 Å². The molecule has 75 valence electrons. The summed E-state index contributed by atoms with van der Waals surface area (Å²) < 4.78 is 24.2. The quantitative estimate of drug-likeness (QED) is 0.353. The van der Waals surface area contributed by atoms with E-state index in [4.69, 9.17) is 0 Å². The fourth-order valence-electron chi connectivity index (χ4n) is 1.01. The van der Waals surface area contributed by atoms with Gasteiger partial charge in [-0.2, -0.15) is 0 Å². The van der Waals surface area contributed by atoms with Gasteiger partial charge in [-0.05, 0) is 6.42 Å². The monoisotopic (exact) mass is 216 g/mol. The molecule has 0 spiro atoms. The zero-order valence-corrected chi connectivity index (χ0v) is 11.4. The van der Waals surface area contributed by atoms with Crippen molar-refractivity contribution in [2.75, 3.05) is 6.61 Å². The minimum Gasteiger partial charge on any atom is -0.750 e. The van der Waals surface area contributed by atoms with Crippen LogP contribution in [0.3, 0.4) is 0 Å². The minimum absolute atomic E-state index is 0. The topological polar surface area (TPSA) is 49.4 Å². The summed E-state index contributed by atoms with van der Waals surface area (Å²) in [7, 11) is 0. The molecule has 0 saturated heterocycles. The van der Waals surface area contributed by atoms with E-state index in [0.29, 0.717) is 6.61 Å². The van der Waals surface area contributed by atoms with Crippen LogP contribution in [-0.4, -0.2) is 44.9 Å². The molecule has 1 atom stereocenters. The number of hydrogen-bond donors (Lipinski definition) is 0. The van der Waals surface area contributed by atoms with Crippen LogP contribution < -0.4 is 0 Å². The molecular formula is C8H17NaO3S-. The molecule has 0 aliphatic carbocycles. The van der Waals surface area contributed by atoms with E-state index in [1.54, 1.807) is 0 Å². The van der Waals surface area contributed by atoms with E-state index in [1.807, 2.05) is 0 Å². The van der Waals surface area contributed by atoms with Crippen LogP contribution in [0.4, 0.5) is 0 Å². The van der Waals surface area contributed by atoms with Crippen molar-refractivity contribution in [1.29, 1.82) is 0 Å². The number of rotatable bonds is 8. The Morgan fingerprint density at radius 1 is 1.15 bits per heavy atom. The Kier molecular flexibility index (Phi) is 16.6. The third-order valence-corrected chi connectivity index (χ3v) is 2.04. The summed E-state index contributed by atoms with van der Waals surface area (Å²) in [6, 6.07) is 0. The van der Waals surface area contributed by atoms with Crippen LogP contribution in [0, 0.1) is 0 Å². The number of hydrogen-bond acceptors (Lipinski definition) is 3. The first-order valence-corrected chi connectivity index (χ1v) is 5.50. The second-order valence-electron chi connectivity index (χ2n) is 2.79. The fraction of sp³-hybridized carbons (Fsp3) is 1.00. The van der Waals surface area contributed by atoms with Crippen molar-refractivity contribution < 1.29 is 12.9 Å². The molecular weight excluding hydrogens is 199 g/mol. The van der Waals surface area contributed by atoms with Crippen LogP contribution in [0.2, 0.25) is 0 Å². The summed E-state index contributed by atoms with van der Waals surface area (Å²) in [5, 5.41) is 0. The van der Waals surface area contributed by atoms with Gasteiger partial charge in [0, 0.05) is 29.6 Å². The van der Waals surface area contributed by atoms with E-state index < -0.39 is 11.4 Å². The van der Waals surface area contributed by atoms with Crippen molar-refractivity contribution in [2.24, 2.45) is 0 Å². The molecule has 0 fully saturated rings. The van der Waals surface area contributed by atoms with Gasteiger partial charge in [-0.15, -0.1) is 0 Å². The van der Waals surface area contributed by atoms with Gasteiger partial charge in [-0.3, -0.25) is 0 Å². The molecule has 0 N–H and O–H groups in total. The van der Waals surface area contributed by atoms with E-state index in [1.165, 1.54) is 25.7 Å². The molecule has 0 aliphatic rings. The molecule has 0 aromatic rings. The van der Waals surface area contributed by atoms with Crippen molar-refractivity contribution in [3.8, 4) is 0 Å². The summed E-state index contributed by atoms with van der Waals surface area (Å²) in [6.07, 6.45) is 6.85. The molecule has 0 heterocycles. The van der Waals surface area contributed by atoms with Gasteiger partial charge < -0.3 is 8.74 Å². The first-order chi connectivity index (χ1) is 5.77. The van der Waals surface area contributed by atoms with Gasteiger partial charge in [0.05, 0.1) is 18.0 Å². The Balaban J connectivity index is 0. The Morgan fingerprint density at radius 2 is 1.69 bits per heavy atom. The maximum atomic E-state index is 9.91. The van der Waals surface area contributed by atoms with Gasteiger partial charge in [-0.1, -0.05) is 39.0 Å². The smallest absolute Gasteiger partial charge is 0.0842 e. The summed E-state index contributed by atoms with van der Waals surface area (Å²) in [4.78, 5) is 0. The predicted octanol–water partition coefficient (Wildman–Crippen LogP) is 1.78. The summed E-state index contributed by atoms with van der Waals surface area (Å²) >= 11 is -2.32. The van der Waals surface area contributed by atoms with Gasteiger partial charge in [0.2, 0.25) is 0 Å². The molecule has 0 bridgehead atoms. The molecule has 0 amide bonds. The zero-order valence-electron chi connectivity index (χ0n) is 8.58. The molecule has 0 aromatic carbocycles. The van der Waals surface area contributed by atoms with Crippen LogP contribution in [-0.2, 0) is 15.5 Å². The number of unbranched alkanes of at least 4 members (excludes halogenated alkanes) is 5. The first-order valence-electron chi connectivity index (χ1n) is 4.50. The third-order valence-electron chi connectivity index (χ3n) is 1.68. The average Bonchev–Trinajstić information content (AvgIpc) is 2.02. The van der Waals surface area contributed by atoms with Crippen LogP contribution in [0.1, 0.15) is 45.4 Å². The molecule has 5 heteroatoms. The average molecular weight is 216 g/mol.